The standard InChI is InChI=1S/C20H22O.2ClH.Ti/c1-12-11-19(14(3)13(12)2)18-10-9-16-7-5-6-8-17(16)20(18)15(4)21;;;/h5-10,15,21H,11H2,1-4H3;2*1H;. The number of aliphatic hydroxyl groups is 1. The molecule has 1 N–H and O–H groups in total. The summed E-state index contributed by atoms with van der Waals surface area (Å²) in [7, 11) is 0. The first-order valence-corrected chi connectivity index (χ1v) is 7.57. The molecule has 0 saturated heterocycles. The van der Waals surface area contributed by atoms with E-state index < -0.39 is 6.10 Å². The molecule has 0 aliphatic heterocycles. The van der Waals surface area contributed by atoms with Gasteiger partial charge < -0.3 is 5.11 Å². The van der Waals surface area contributed by atoms with Gasteiger partial charge in [0.15, 0.2) is 0 Å². The average Bonchev–Trinajstić information content (AvgIpc) is 2.73. The molecule has 1 nitrogen and oxygen atoms in total. The van der Waals surface area contributed by atoms with Crippen molar-refractivity contribution < 1.29 is 26.8 Å². The van der Waals surface area contributed by atoms with Gasteiger partial charge in [-0.3, -0.25) is 0 Å². The van der Waals surface area contributed by atoms with Gasteiger partial charge >= 0.3 is 0 Å². The Morgan fingerprint density at radius 3 is 2.08 bits per heavy atom. The Morgan fingerprint density at radius 1 is 0.917 bits per heavy atom. The van der Waals surface area contributed by atoms with Crippen molar-refractivity contribution in [1.29, 1.82) is 0 Å². The van der Waals surface area contributed by atoms with Gasteiger partial charge in [0.2, 0.25) is 0 Å². The molecule has 0 amide bonds. The van der Waals surface area contributed by atoms with Crippen LogP contribution in [0.1, 0.15) is 51.3 Å². The molecule has 0 saturated carbocycles. The van der Waals surface area contributed by atoms with Crippen LogP contribution in [-0.4, -0.2) is 5.11 Å². The third kappa shape index (κ3) is 3.98. The Kier molecular flexibility index (Phi) is 9.00. The van der Waals surface area contributed by atoms with Gasteiger partial charge in [0, 0.05) is 21.7 Å². The molecule has 2 aromatic rings. The monoisotopic (exact) mass is 398 g/mol. The molecule has 24 heavy (non-hydrogen) atoms. The first-order chi connectivity index (χ1) is 10.0. The number of fused-ring (bicyclic) bond motifs is 1. The van der Waals surface area contributed by atoms with Crippen LogP contribution in [0.3, 0.4) is 0 Å². The van der Waals surface area contributed by atoms with E-state index in [9.17, 15) is 5.11 Å². The van der Waals surface area contributed by atoms with E-state index >= 15 is 0 Å². The Bertz CT molecular complexity index is 791. The van der Waals surface area contributed by atoms with Gasteiger partial charge in [-0.2, -0.15) is 0 Å². The second kappa shape index (κ2) is 9.22. The van der Waals surface area contributed by atoms with Crippen molar-refractivity contribution in [2.45, 2.75) is 40.2 Å². The molecule has 0 radical (unpaired) electrons. The van der Waals surface area contributed by atoms with Gasteiger partial charge in [-0.25, -0.2) is 0 Å². The molecule has 1 aliphatic carbocycles. The van der Waals surface area contributed by atoms with Crippen molar-refractivity contribution in [1.82, 2.24) is 0 Å². The Labute approximate surface area is 171 Å². The molecule has 0 spiro atoms. The van der Waals surface area contributed by atoms with Crippen molar-refractivity contribution >= 4 is 41.2 Å². The SMILES string of the molecule is CC1=C(C)C(C)=C(c2ccc3ccccc3c2C(C)O)C1.Cl.Cl.[Ti]. The summed E-state index contributed by atoms with van der Waals surface area (Å²) in [5.74, 6) is 0. The van der Waals surface area contributed by atoms with Crippen LogP contribution in [0.4, 0.5) is 0 Å². The van der Waals surface area contributed by atoms with Gasteiger partial charge in [0.05, 0.1) is 6.10 Å². The van der Waals surface area contributed by atoms with Crippen molar-refractivity contribution in [2.24, 2.45) is 0 Å². The number of rotatable bonds is 2. The summed E-state index contributed by atoms with van der Waals surface area (Å²) in [6.45, 7) is 8.46. The molecule has 0 aromatic heterocycles. The van der Waals surface area contributed by atoms with E-state index in [1.54, 1.807) is 0 Å². The third-order valence-corrected chi connectivity index (χ3v) is 4.81. The molecule has 2 aromatic carbocycles. The van der Waals surface area contributed by atoms with Crippen LogP contribution in [0.2, 0.25) is 0 Å². The first kappa shape index (κ1) is 23.4. The van der Waals surface area contributed by atoms with Crippen LogP contribution >= 0.6 is 24.8 Å². The van der Waals surface area contributed by atoms with Crippen LogP contribution in [-0.2, 0) is 21.7 Å². The van der Waals surface area contributed by atoms with Crippen LogP contribution in [0, 0.1) is 0 Å². The normalized spacial score (nSPS) is 14.9. The first-order valence-electron chi connectivity index (χ1n) is 7.57. The molecule has 3 rings (SSSR count). The van der Waals surface area contributed by atoms with Gasteiger partial charge in [-0.05, 0) is 72.7 Å². The molecule has 1 unspecified atom stereocenters. The smallest absolute Gasteiger partial charge is 0.0773 e. The number of hydrogen-bond acceptors (Lipinski definition) is 1. The maximum atomic E-state index is 10.3. The molecular formula is C20H24Cl2OTi. The second-order valence-corrected chi connectivity index (χ2v) is 6.11. The topological polar surface area (TPSA) is 20.2 Å². The number of benzene rings is 2. The van der Waals surface area contributed by atoms with E-state index in [-0.39, 0.29) is 46.5 Å². The predicted molar refractivity (Wildman–Crippen MR) is 105 cm³/mol. The Morgan fingerprint density at radius 2 is 1.54 bits per heavy atom. The van der Waals surface area contributed by atoms with Crippen molar-refractivity contribution in [2.75, 3.05) is 0 Å². The van der Waals surface area contributed by atoms with Gasteiger partial charge in [0.25, 0.3) is 0 Å². The number of hydrogen-bond donors (Lipinski definition) is 1. The quantitative estimate of drug-likeness (QED) is 0.592. The summed E-state index contributed by atoms with van der Waals surface area (Å²) < 4.78 is 0. The minimum Gasteiger partial charge on any atom is -0.389 e. The number of allylic oxidation sites excluding steroid dienone is 4. The summed E-state index contributed by atoms with van der Waals surface area (Å²) in [6, 6.07) is 12.6. The summed E-state index contributed by atoms with van der Waals surface area (Å²) >= 11 is 0. The molecule has 128 valence electrons. The van der Waals surface area contributed by atoms with Crippen LogP contribution in [0.25, 0.3) is 16.3 Å². The molecule has 1 aliphatic rings. The molecule has 0 bridgehead atoms. The zero-order chi connectivity index (χ0) is 15.1. The van der Waals surface area contributed by atoms with Crippen molar-refractivity contribution in [3.8, 4) is 0 Å². The Balaban J connectivity index is 0.00000176. The summed E-state index contributed by atoms with van der Waals surface area (Å²) in [6.07, 6.45) is 0.531. The van der Waals surface area contributed by atoms with E-state index in [2.05, 4.69) is 45.0 Å². The molecule has 4 heteroatoms. The van der Waals surface area contributed by atoms with Crippen molar-refractivity contribution in [3.63, 3.8) is 0 Å². The summed E-state index contributed by atoms with van der Waals surface area (Å²) in [5.41, 5.74) is 7.83. The number of halogens is 2. The molecule has 0 heterocycles. The Hall–Kier alpha value is -0.566. The van der Waals surface area contributed by atoms with E-state index in [4.69, 9.17) is 0 Å². The van der Waals surface area contributed by atoms with E-state index in [0.29, 0.717) is 0 Å². The second-order valence-electron chi connectivity index (χ2n) is 6.11. The fourth-order valence-electron chi connectivity index (χ4n) is 3.38. The maximum Gasteiger partial charge on any atom is 0.0773 e. The molecular weight excluding hydrogens is 375 g/mol. The zero-order valence-electron chi connectivity index (χ0n) is 14.5. The van der Waals surface area contributed by atoms with Gasteiger partial charge in [-0.15, -0.1) is 24.8 Å². The zero-order valence-corrected chi connectivity index (χ0v) is 17.7. The molecule has 1 atom stereocenters. The number of aliphatic hydroxyl groups excluding tert-OH is 1. The van der Waals surface area contributed by atoms with E-state index in [1.165, 1.54) is 33.2 Å². The predicted octanol–water partition coefficient (Wildman–Crippen LogP) is 6.25. The minimum absolute atomic E-state index is 0. The summed E-state index contributed by atoms with van der Waals surface area (Å²) in [4.78, 5) is 0. The van der Waals surface area contributed by atoms with Gasteiger partial charge in [-0.1, -0.05) is 42.0 Å². The van der Waals surface area contributed by atoms with Crippen LogP contribution in [0.5, 0.6) is 0 Å². The fraction of sp³-hybridized carbons (Fsp3) is 0.300. The molecule has 0 fully saturated rings. The van der Waals surface area contributed by atoms with Gasteiger partial charge in [0.1, 0.15) is 0 Å². The third-order valence-electron chi connectivity index (χ3n) is 4.81. The average molecular weight is 399 g/mol. The maximum absolute atomic E-state index is 10.3. The van der Waals surface area contributed by atoms with E-state index in [1.807, 2.05) is 19.1 Å². The van der Waals surface area contributed by atoms with Crippen LogP contribution in [0.15, 0.2) is 53.1 Å². The summed E-state index contributed by atoms with van der Waals surface area (Å²) in [5, 5.41) is 12.7. The minimum atomic E-state index is -0.465. The van der Waals surface area contributed by atoms with Crippen molar-refractivity contribution in [3.05, 3.63) is 64.2 Å². The fourth-order valence-corrected chi connectivity index (χ4v) is 3.38. The van der Waals surface area contributed by atoms with Crippen LogP contribution < -0.4 is 0 Å². The largest absolute Gasteiger partial charge is 0.389 e. The van der Waals surface area contributed by atoms with E-state index in [0.717, 1.165) is 17.4 Å².